The summed E-state index contributed by atoms with van der Waals surface area (Å²) in [5.74, 6) is -4.26. The normalized spacial score (nSPS) is 11.9. The zero-order chi connectivity index (χ0) is 21.0. The summed E-state index contributed by atoms with van der Waals surface area (Å²) < 4.78 is 28.7. The molecule has 0 radical (unpaired) electrons. The van der Waals surface area contributed by atoms with Gasteiger partial charge in [0.05, 0.1) is 12.1 Å². The van der Waals surface area contributed by atoms with Crippen LogP contribution in [0.15, 0.2) is 54.6 Å². The van der Waals surface area contributed by atoms with E-state index in [-0.39, 0.29) is 12.1 Å². The molecule has 0 unspecified atom stereocenters. The van der Waals surface area contributed by atoms with Crippen LogP contribution in [0.4, 0.5) is 8.78 Å². The molecular weight excluding hydrogens is 376 g/mol. The van der Waals surface area contributed by atoms with Gasteiger partial charge in [0.15, 0.2) is 5.82 Å². The van der Waals surface area contributed by atoms with Crippen LogP contribution in [0.2, 0.25) is 0 Å². The maximum Gasteiger partial charge on any atom is 0.336 e. The predicted octanol–water partition coefficient (Wildman–Crippen LogP) is 5.23. The van der Waals surface area contributed by atoms with Crippen molar-refractivity contribution in [3.63, 3.8) is 0 Å². The monoisotopic (exact) mass is 397 g/mol. The third-order valence-corrected chi connectivity index (χ3v) is 4.35. The van der Waals surface area contributed by atoms with E-state index in [1.165, 1.54) is 4.68 Å². The summed E-state index contributed by atoms with van der Waals surface area (Å²) in [5.41, 5.74) is 2.44. The molecule has 0 saturated carbocycles. The molecule has 0 aliphatic carbocycles. The lowest BCUT2D eigenvalue weighted by Gasteiger charge is -2.08. The number of aromatic nitrogens is 3. The van der Waals surface area contributed by atoms with Crippen LogP contribution >= 0.6 is 0 Å². The number of carbonyl (C=O) groups is 1. The number of hydrogen-bond donors (Lipinski definition) is 1. The molecule has 3 rings (SSSR count). The van der Waals surface area contributed by atoms with Crippen molar-refractivity contribution >= 4 is 12.0 Å². The van der Waals surface area contributed by atoms with Crippen LogP contribution in [-0.2, 0) is 12.5 Å². The van der Waals surface area contributed by atoms with Crippen molar-refractivity contribution in [3.05, 3.63) is 77.4 Å². The van der Waals surface area contributed by atoms with Crippen LogP contribution in [0.5, 0.6) is 0 Å². The number of nitrogens with zero attached hydrogens (tertiary/aromatic N) is 3. The first kappa shape index (κ1) is 20.4. The number of alkyl halides is 2. The van der Waals surface area contributed by atoms with Gasteiger partial charge < -0.3 is 5.11 Å². The van der Waals surface area contributed by atoms with Crippen molar-refractivity contribution in [2.24, 2.45) is 0 Å². The molecule has 0 aliphatic heterocycles. The molecule has 2 aromatic carbocycles. The predicted molar refractivity (Wildman–Crippen MR) is 107 cm³/mol. The molecule has 1 heterocycles. The second kappa shape index (κ2) is 8.34. The molecule has 1 aromatic heterocycles. The molecule has 5 nitrogen and oxygen atoms in total. The van der Waals surface area contributed by atoms with Crippen LogP contribution in [0, 0.1) is 0 Å². The molecule has 0 aliphatic rings. The number of rotatable bonds is 7. The topological polar surface area (TPSA) is 68.0 Å². The first-order valence-electron chi connectivity index (χ1n) is 9.21. The van der Waals surface area contributed by atoms with Crippen molar-refractivity contribution in [2.75, 3.05) is 0 Å². The Morgan fingerprint density at radius 3 is 2.48 bits per heavy atom. The fourth-order valence-corrected chi connectivity index (χ4v) is 2.89. The van der Waals surface area contributed by atoms with Gasteiger partial charge in [0.25, 0.3) is 0 Å². The van der Waals surface area contributed by atoms with E-state index in [1.807, 2.05) is 37.3 Å². The van der Waals surface area contributed by atoms with E-state index in [0.717, 1.165) is 24.5 Å². The Morgan fingerprint density at radius 1 is 1.17 bits per heavy atom. The van der Waals surface area contributed by atoms with E-state index >= 15 is 0 Å². The van der Waals surface area contributed by atoms with Crippen LogP contribution in [0.3, 0.4) is 0 Å². The first-order valence-corrected chi connectivity index (χ1v) is 9.21. The molecule has 3 aromatic rings. The summed E-state index contributed by atoms with van der Waals surface area (Å²) in [6.45, 7) is 2.99. The number of carboxylic acids is 1. The van der Waals surface area contributed by atoms with Gasteiger partial charge in [0.2, 0.25) is 5.82 Å². The van der Waals surface area contributed by atoms with E-state index in [2.05, 4.69) is 10.1 Å². The second-order valence-corrected chi connectivity index (χ2v) is 6.70. The van der Waals surface area contributed by atoms with Crippen LogP contribution < -0.4 is 0 Å². The molecule has 0 atom stereocenters. The molecule has 0 bridgehead atoms. The number of allylic oxidation sites excluding steroid dienone is 1. The smallest absolute Gasteiger partial charge is 0.336 e. The van der Waals surface area contributed by atoms with Crippen LogP contribution in [0.1, 0.15) is 47.8 Å². The average Bonchev–Trinajstić information content (AvgIpc) is 3.10. The summed E-state index contributed by atoms with van der Waals surface area (Å²) in [4.78, 5) is 15.4. The highest BCUT2D eigenvalue weighted by Crippen LogP contribution is 2.26. The Bertz CT molecular complexity index is 1030. The summed E-state index contributed by atoms with van der Waals surface area (Å²) in [7, 11) is 0. The molecule has 7 heteroatoms. The minimum Gasteiger partial charge on any atom is -0.478 e. The summed E-state index contributed by atoms with van der Waals surface area (Å²) in [6.07, 6.45) is 4.27. The van der Waals surface area contributed by atoms with E-state index in [0.29, 0.717) is 11.4 Å². The van der Waals surface area contributed by atoms with E-state index in [4.69, 9.17) is 0 Å². The van der Waals surface area contributed by atoms with Crippen molar-refractivity contribution in [3.8, 4) is 11.1 Å². The Morgan fingerprint density at radius 2 is 1.86 bits per heavy atom. The molecule has 0 amide bonds. The second-order valence-electron chi connectivity index (χ2n) is 6.70. The lowest BCUT2D eigenvalue weighted by Crippen LogP contribution is -2.11. The van der Waals surface area contributed by atoms with E-state index in [9.17, 15) is 18.7 Å². The molecule has 1 N–H and O–H groups in total. The van der Waals surface area contributed by atoms with Crippen LogP contribution in [0.25, 0.3) is 17.2 Å². The van der Waals surface area contributed by atoms with Gasteiger partial charge in [-0.2, -0.15) is 8.78 Å². The van der Waals surface area contributed by atoms with Crippen molar-refractivity contribution < 1.29 is 18.7 Å². The fourth-order valence-electron chi connectivity index (χ4n) is 2.89. The van der Waals surface area contributed by atoms with Gasteiger partial charge in [-0.1, -0.05) is 55.5 Å². The molecule has 150 valence electrons. The maximum absolute atomic E-state index is 13.6. The van der Waals surface area contributed by atoms with Gasteiger partial charge in [-0.05, 0) is 35.3 Å². The van der Waals surface area contributed by atoms with Gasteiger partial charge in [-0.25, -0.2) is 14.5 Å². The van der Waals surface area contributed by atoms with Gasteiger partial charge >= 0.3 is 11.9 Å². The lowest BCUT2D eigenvalue weighted by molar-refractivity contribution is 0.00758. The number of hydrogen-bond acceptors (Lipinski definition) is 3. The summed E-state index contributed by atoms with van der Waals surface area (Å²) in [6, 6.07) is 14.0. The quantitative estimate of drug-likeness (QED) is 0.593. The summed E-state index contributed by atoms with van der Waals surface area (Å²) >= 11 is 0. The average molecular weight is 397 g/mol. The van der Waals surface area contributed by atoms with Gasteiger partial charge in [-0.3, -0.25) is 0 Å². The highest BCUT2D eigenvalue weighted by atomic mass is 19.3. The molecule has 0 spiro atoms. The minimum atomic E-state index is -3.12. The molecule has 0 saturated heterocycles. The van der Waals surface area contributed by atoms with Gasteiger partial charge in [-0.15, -0.1) is 5.10 Å². The third kappa shape index (κ3) is 4.74. The molecule has 0 fully saturated rings. The Kier molecular flexibility index (Phi) is 5.87. The van der Waals surface area contributed by atoms with E-state index < -0.39 is 17.7 Å². The third-order valence-electron chi connectivity index (χ3n) is 4.35. The maximum atomic E-state index is 13.6. The Labute approximate surface area is 167 Å². The largest absolute Gasteiger partial charge is 0.478 e. The van der Waals surface area contributed by atoms with Gasteiger partial charge in [0, 0.05) is 6.92 Å². The zero-order valence-electron chi connectivity index (χ0n) is 16.1. The summed E-state index contributed by atoms with van der Waals surface area (Å²) in [5, 5.41) is 13.3. The van der Waals surface area contributed by atoms with Crippen molar-refractivity contribution in [1.82, 2.24) is 14.8 Å². The van der Waals surface area contributed by atoms with Crippen molar-refractivity contribution in [2.45, 2.75) is 32.7 Å². The Hall–Kier alpha value is -3.35. The number of carboxylic acid groups (broad SMARTS) is 1. The zero-order valence-corrected chi connectivity index (χ0v) is 16.1. The number of halogens is 2. The van der Waals surface area contributed by atoms with E-state index in [1.54, 1.807) is 30.3 Å². The van der Waals surface area contributed by atoms with Gasteiger partial charge in [0.1, 0.15) is 0 Å². The fraction of sp³-hybridized carbons (Fsp3) is 0.227. The molecular formula is C22H21F2N3O2. The minimum absolute atomic E-state index is 0.221. The number of aromatic carboxylic acids is 1. The van der Waals surface area contributed by atoms with Crippen LogP contribution in [-0.4, -0.2) is 25.8 Å². The first-order chi connectivity index (χ1) is 13.8. The number of benzene rings is 2. The lowest BCUT2D eigenvalue weighted by atomic mass is 9.99. The highest BCUT2D eigenvalue weighted by Gasteiger charge is 2.30. The Balaban J connectivity index is 1.90. The SMILES string of the molecule is CCC=Cc1nc(C(C)(F)F)nn1Cc1ccc(-c2ccccc2C(=O)O)cc1. The molecule has 29 heavy (non-hydrogen) atoms. The standard InChI is InChI=1S/C22H21F2N3O2/c1-3-4-9-19-25-21(22(2,23)24)26-27(19)14-15-10-12-16(13-11-15)17-7-5-6-8-18(17)20(28)29/h4-13H,3,14H2,1-2H3,(H,28,29). The van der Waals surface area contributed by atoms with Crippen molar-refractivity contribution in [1.29, 1.82) is 0 Å². The highest BCUT2D eigenvalue weighted by molar-refractivity contribution is 5.95.